The molecule has 538 valence electrons. The maximum Gasteiger partial charge on any atom is 0.329 e. The fraction of sp³-hybridized carbons (Fsp3) is 0.747. The Morgan fingerprint density at radius 1 is 0.833 bits per heavy atom. The highest BCUT2D eigenvalue weighted by Crippen LogP contribution is 2.71. The number of piperidine rings is 1. The molecule has 0 aromatic rings. The Kier molecular flexibility index (Phi) is 27.4. The van der Waals surface area contributed by atoms with Crippen LogP contribution in [0.5, 0.6) is 0 Å². The van der Waals surface area contributed by atoms with Gasteiger partial charge in [-0.2, -0.15) is 0 Å². The van der Waals surface area contributed by atoms with Crippen molar-refractivity contribution in [2.75, 3.05) is 47.0 Å². The zero-order valence-corrected chi connectivity index (χ0v) is 59.7. The van der Waals surface area contributed by atoms with Gasteiger partial charge >= 0.3 is 5.97 Å². The minimum Gasteiger partial charge on any atom is -0.460 e. The first-order valence-electron chi connectivity index (χ1n) is 35.1. The molecule has 3 heterocycles. The van der Waals surface area contributed by atoms with Gasteiger partial charge in [0, 0.05) is 75.2 Å². The van der Waals surface area contributed by atoms with Crippen molar-refractivity contribution in [3.05, 3.63) is 71.4 Å². The van der Waals surface area contributed by atoms with Gasteiger partial charge in [0.1, 0.15) is 35.7 Å². The van der Waals surface area contributed by atoms with Crippen LogP contribution < -0.4 is 0 Å². The van der Waals surface area contributed by atoms with Gasteiger partial charge in [-0.05, 0) is 164 Å². The number of carbonyl (C=O) groups excluding carboxylic acids is 7. The molecule has 2 bridgehead atoms. The van der Waals surface area contributed by atoms with E-state index >= 15 is 4.39 Å². The SMILES string of the molecule is CO[C@H]1C[C@@H]2CC[C@@H](C)[C@@](O)(O2)C(=O)C(=O)N2CCCC[C@H]2C(=O)O[C@H]([C@H](C)C[C@@H]2CC[C@@H](OCCO)[C@H](OC)C2)CC(=O)[C@H](C)/C=C(\C)[C@@H](O)[C@@H](OC)C(=O)[C@H](C)C[C@H](C)/C=C/C=C/C=C/1C.C[C@H]1C[C@H]2[C@@H]3CCC4=CC(=O)C=C[C@]4(C)C3(F)[C@@H](O)C[C@]2(C)[C@@]1(O)C(=O)CCl. The summed E-state index contributed by atoms with van der Waals surface area (Å²) in [4.78, 5) is 96.6. The Bertz CT molecular complexity index is 2980. The standard InChI is InChI=1S/C53H83NO14.C22H28ClFO4/c1-32-16-12-11-13-17-33(2)44(63-8)30-40-21-19-38(7)53(62,68-40)50(59)51(60)54-23-15-14-18-41(54)52(61)67-45(35(4)28-39-20-22-43(66-25-24-55)46(29-39)64-9)31-42(56)34(3)27-37(6)48(58)49(65-10)47(57)36(5)26-32;1-12-8-16-15-5-4-13-9-14(25)6-7-19(13,2)21(15,24)17(26)10-20(16,3)22(12,28)18(27)11-23/h11-13,16-17,27,32,34-36,38-41,43-46,48-49,55,58,62H,14-15,18-26,28-31H2,1-10H3;6-7,9,12,15-17,26,28H,4-5,8,10-11H2,1-3H3/b13-11+,16-12+,33-17+,37-27+;/t32-,34-,35-,36-,38-,39+,40+,41+,43-,44+,45+,46-,48-,49+,53-;12-,15-,16-,17-,19-,20-,21?,22-/m10/s1. The second-order valence-corrected chi connectivity index (χ2v) is 30.1. The topological polar surface area (TPSA) is 279 Å². The number of ether oxygens (including phenoxy) is 6. The van der Waals surface area contributed by atoms with Gasteiger partial charge < -0.3 is 58.9 Å². The molecule has 1 amide bonds. The molecule has 0 aromatic heterocycles. The van der Waals surface area contributed by atoms with E-state index in [1.54, 1.807) is 54.1 Å². The number of carbonyl (C=O) groups is 7. The number of Topliss-reactive ketones (excluding diaryl/α,β-unsaturated/α-hetero) is 4. The van der Waals surface area contributed by atoms with Crippen molar-refractivity contribution < 1.29 is 91.9 Å². The van der Waals surface area contributed by atoms with E-state index in [9.17, 15) is 59.1 Å². The van der Waals surface area contributed by atoms with Crippen LogP contribution in [0.3, 0.4) is 0 Å². The van der Waals surface area contributed by atoms with Crippen LogP contribution in [0.4, 0.5) is 4.39 Å². The number of hydrogen-bond acceptors (Lipinski definition) is 18. The molecule has 0 spiro atoms. The van der Waals surface area contributed by atoms with Crippen LogP contribution in [0.25, 0.3) is 0 Å². The van der Waals surface area contributed by atoms with Crippen molar-refractivity contribution in [3.63, 3.8) is 0 Å². The third-order valence-corrected chi connectivity index (χ3v) is 23.9. The summed E-state index contributed by atoms with van der Waals surface area (Å²) in [6.07, 6.45) is 16.7. The lowest BCUT2D eigenvalue weighted by molar-refractivity contribution is -0.265. The summed E-state index contributed by atoms with van der Waals surface area (Å²) >= 11 is 5.81. The van der Waals surface area contributed by atoms with Crippen LogP contribution in [0, 0.1) is 64.1 Å². The fourth-order valence-electron chi connectivity index (χ4n) is 17.7. The van der Waals surface area contributed by atoms with E-state index in [1.807, 2.05) is 71.9 Å². The highest BCUT2D eigenvalue weighted by molar-refractivity contribution is 6.39. The van der Waals surface area contributed by atoms with Crippen molar-refractivity contribution in [3.8, 4) is 0 Å². The Labute approximate surface area is 573 Å². The number of aliphatic hydroxyl groups is 5. The average Bonchev–Trinajstić information content (AvgIpc) is 1.38. The molecule has 96 heavy (non-hydrogen) atoms. The van der Waals surface area contributed by atoms with E-state index in [0.717, 1.165) is 17.6 Å². The number of fused-ring (bicyclic) bond motifs is 8. The van der Waals surface area contributed by atoms with Crippen molar-refractivity contribution >= 4 is 52.4 Å². The number of nitrogens with zero attached hydrogens (tertiary/aromatic N) is 1. The minimum absolute atomic E-state index is 0.0151. The van der Waals surface area contributed by atoms with E-state index in [0.29, 0.717) is 82.6 Å². The zero-order chi connectivity index (χ0) is 71.0. The summed E-state index contributed by atoms with van der Waals surface area (Å²) in [5.74, 6) is -10.00. The maximum atomic E-state index is 16.9. The number of aliphatic hydroxyl groups excluding tert-OH is 3. The molecule has 5 N–H and O–H groups in total. The number of hydrogen-bond donors (Lipinski definition) is 5. The molecule has 4 saturated carbocycles. The maximum absolute atomic E-state index is 16.9. The van der Waals surface area contributed by atoms with E-state index in [-0.39, 0.29) is 104 Å². The van der Waals surface area contributed by atoms with Crippen molar-refractivity contribution in [2.45, 2.75) is 244 Å². The molecule has 8 rings (SSSR count). The third kappa shape index (κ3) is 16.3. The van der Waals surface area contributed by atoms with Gasteiger partial charge in [-0.25, -0.2) is 9.18 Å². The van der Waals surface area contributed by atoms with Gasteiger partial charge in [0.15, 0.2) is 23.0 Å². The summed E-state index contributed by atoms with van der Waals surface area (Å²) in [5, 5.41) is 55.4. The highest BCUT2D eigenvalue weighted by Gasteiger charge is 2.75. The Morgan fingerprint density at radius 2 is 1.55 bits per heavy atom. The van der Waals surface area contributed by atoms with Crippen LogP contribution in [0.15, 0.2) is 71.4 Å². The van der Waals surface area contributed by atoms with Crippen LogP contribution in [-0.4, -0.2) is 190 Å². The predicted molar refractivity (Wildman–Crippen MR) is 360 cm³/mol. The molecule has 19 nitrogen and oxygen atoms in total. The average molecular weight is 1370 g/mol. The number of alkyl halides is 2. The van der Waals surface area contributed by atoms with Crippen LogP contribution in [0.2, 0.25) is 0 Å². The van der Waals surface area contributed by atoms with E-state index < -0.39 is 118 Å². The van der Waals surface area contributed by atoms with Gasteiger partial charge in [-0.15, -0.1) is 11.6 Å². The zero-order valence-electron chi connectivity index (χ0n) is 59.0. The quantitative estimate of drug-likeness (QED) is 0.0557. The second-order valence-electron chi connectivity index (χ2n) is 29.9. The number of cyclic esters (lactones) is 1. The summed E-state index contributed by atoms with van der Waals surface area (Å²) < 4.78 is 52.4. The number of allylic oxidation sites excluding steroid dienone is 10. The molecule has 5 aliphatic carbocycles. The molecule has 23 atom stereocenters. The van der Waals surface area contributed by atoms with Crippen molar-refractivity contribution in [1.29, 1.82) is 0 Å². The normalized spacial score (nSPS) is 43.1. The predicted octanol–water partition coefficient (Wildman–Crippen LogP) is 9.34. The first kappa shape index (κ1) is 78.9. The van der Waals surface area contributed by atoms with Gasteiger partial charge in [-0.1, -0.05) is 96.6 Å². The first-order chi connectivity index (χ1) is 45.3. The number of rotatable bonds is 11. The highest BCUT2D eigenvalue weighted by atomic mass is 35.5. The molecule has 1 unspecified atom stereocenters. The van der Waals surface area contributed by atoms with Crippen LogP contribution in [-0.2, 0) is 62.0 Å². The van der Waals surface area contributed by atoms with E-state index in [4.69, 9.17) is 40.0 Å². The Balaban J connectivity index is 0.000000381. The summed E-state index contributed by atoms with van der Waals surface area (Å²) in [6, 6.07) is -1.14. The van der Waals surface area contributed by atoms with Gasteiger partial charge in [0.05, 0.1) is 49.6 Å². The van der Waals surface area contributed by atoms with E-state index in [2.05, 4.69) is 0 Å². The van der Waals surface area contributed by atoms with Gasteiger partial charge in [0.2, 0.25) is 5.79 Å². The summed E-state index contributed by atoms with van der Waals surface area (Å²) in [6.45, 7) is 18.3. The largest absolute Gasteiger partial charge is 0.460 e. The molecular formula is C75H111ClFNO18. The minimum atomic E-state index is -2.43. The number of ketones is 5. The Hall–Kier alpha value is -4.45. The molecule has 2 saturated heterocycles. The molecule has 6 fully saturated rings. The number of methoxy groups -OCH3 is 3. The van der Waals surface area contributed by atoms with Gasteiger partial charge in [0.25, 0.3) is 11.7 Å². The summed E-state index contributed by atoms with van der Waals surface area (Å²) in [5.41, 5.74) is -3.64. The van der Waals surface area contributed by atoms with Crippen molar-refractivity contribution in [2.24, 2.45) is 64.1 Å². The molecule has 8 aliphatic rings. The molecule has 3 aliphatic heterocycles. The first-order valence-corrected chi connectivity index (χ1v) is 35.6. The van der Waals surface area contributed by atoms with Crippen LogP contribution in [0.1, 0.15) is 172 Å². The van der Waals surface area contributed by atoms with Crippen molar-refractivity contribution in [1.82, 2.24) is 4.90 Å². The monoisotopic (exact) mass is 1370 g/mol. The second kappa shape index (κ2) is 33.4. The number of esters is 1. The van der Waals surface area contributed by atoms with Crippen LogP contribution >= 0.6 is 11.6 Å². The van der Waals surface area contributed by atoms with E-state index in [1.165, 1.54) is 24.2 Å². The number of halogens is 2. The third-order valence-electron chi connectivity index (χ3n) is 23.6. The lowest BCUT2D eigenvalue weighted by atomic mass is 9.44. The Morgan fingerprint density at radius 3 is 2.22 bits per heavy atom. The molecule has 0 radical (unpaired) electrons. The summed E-state index contributed by atoms with van der Waals surface area (Å²) in [7, 11) is 4.58. The number of amides is 1. The lowest BCUT2D eigenvalue weighted by Crippen LogP contribution is -2.69. The molecular weight excluding hydrogens is 1260 g/mol. The molecule has 21 heteroatoms. The van der Waals surface area contributed by atoms with Gasteiger partial charge in [-0.3, -0.25) is 28.8 Å². The fourth-order valence-corrected chi connectivity index (χ4v) is 17.9. The lowest BCUT2D eigenvalue weighted by Gasteiger charge is -2.62. The molecule has 0 aromatic carbocycles. The smallest absolute Gasteiger partial charge is 0.329 e.